The van der Waals surface area contributed by atoms with Crippen molar-refractivity contribution in [2.75, 3.05) is 43.9 Å². The molecule has 1 aliphatic heterocycles. The molecular formula is C12H16N4OS. The zero-order valence-corrected chi connectivity index (χ0v) is 11.4. The van der Waals surface area contributed by atoms with E-state index in [0.717, 1.165) is 31.2 Å². The Balaban J connectivity index is 2.36. The molecular weight excluding hydrogens is 248 g/mol. The molecule has 1 aromatic rings. The van der Waals surface area contributed by atoms with Gasteiger partial charge in [0.25, 0.3) is 0 Å². The summed E-state index contributed by atoms with van der Waals surface area (Å²) in [6, 6.07) is 2.13. The number of rotatable bonds is 2. The maximum atomic E-state index is 11.5. The number of Topliss-reactive ketones (excluding diaryl/α,β-unsaturated/α-hetero) is 1. The van der Waals surface area contributed by atoms with Crippen molar-refractivity contribution < 1.29 is 4.79 Å². The van der Waals surface area contributed by atoms with Gasteiger partial charge < -0.3 is 15.5 Å². The first-order valence-electron chi connectivity index (χ1n) is 5.81. The van der Waals surface area contributed by atoms with Crippen molar-refractivity contribution in [1.29, 1.82) is 5.26 Å². The molecule has 1 fully saturated rings. The first kappa shape index (κ1) is 12.9. The van der Waals surface area contributed by atoms with Crippen molar-refractivity contribution >= 4 is 27.8 Å². The van der Waals surface area contributed by atoms with Gasteiger partial charge in [0.05, 0.1) is 10.6 Å². The molecule has 1 aromatic heterocycles. The normalized spacial score (nSPS) is 16.6. The fraction of sp³-hybridized carbons (Fsp3) is 0.500. The lowest BCUT2D eigenvalue weighted by atomic mass is 10.2. The monoisotopic (exact) mass is 264 g/mol. The molecule has 6 heteroatoms. The average molecular weight is 264 g/mol. The number of hydrogen-bond donors (Lipinski definition) is 1. The van der Waals surface area contributed by atoms with Gasteiger partial charge in [-0.2, -0.15) is 5.26 Å². The highest BCUT2D eigenvalue weighted by atomic mass is 32.1. The molecule has 5 nitrogen and oxygen atoms in total. The van der Waals surface area contributed by atoms with Gasteiger partial charge in [-0.15, -0.1) is 11.3 Å². The number of thiophene rings is 1. The lowest BCUT2D eigenvalue weighted by Crippen LogP contribution is -2.44. The van der Waals surface area contributed by atoms with E-state index < -0.39 is 0 Å². The molecule has 2 rings (SSSR count). The number of nitriles is 1. The van der Waals surface area contributed by atoms with Gasteiger partial charge in [-0.05, 0) is 7.05 Å². The zero-order chi connectivity index (χ0) is 13.3. The Morgan fingerprint density at radius 1 is 1.39 bits per heavy atom. The zero-order valence-electron chi connectivity index (χ0n) is 10.6. The van der Waals surface area contributed by atoms with Crippen LogP contribution in [0.1, 0.15) is 22.2 Å². The van der Waals surface area contributed by atoms with Crippen LogP contribution >= 0.6 is 11.3 Å². The van der Waals surface area contributed by atoms with Gasteiger partial charge in [-0.1, -0.05) is 0 Å². The lowest BCUT2D eigenvalue weighted by Gasteiger charge is -2.33. The van der Waals surface area contributed by atoms with Crippen molar-refractivity contribution in [3.8, 4) is 6.07 Å². The van der Waals surface area contributed by atoms with E-state index in [0.29, 0.717) is 16.1 Å². The molecule has 0 radical (unpaired) electrons. The van der Waals surface area contributed by atoms with E-state index in [2.05, 4.69) is 22.9 Å². The predicted octanol–water partition coefficient (Wildman–Crippen LogP) is 1.16. The van der Waals surface area contributed by atoms with Crippen molar-refractivity contribution in [2.24, 2.45) is 0 Å². The van der Waals surface area contributed by atoms with Crippen molar-refractivity contribution in [2.45, 2.75) is 6.92 Å². The summed E-state index contributed by atoms with van der Waals surface area (Å²) < 4.78 is 0. The van der Waals surface area contributed by atoms with Crippen LogP contribution in [-0.4, -0.2) is 43.9 Å². The van der Waals surface area contributed by atoms with E-state index in [1.807, 2.05) is 0 Å². The topological polar surface area (TPSA) is 73.4 Å². The number of piperazine rings is 1. The predicted molar refractivity (Wildman–Crippen MR) is 73.2 cm³/mol. The van der Waals surface area contributed by atoms with E-state index in [-0.39, 0.29) is 5.78 Å². The van der Waals surface area contributed by atoms with Crippen molar-refractivity contribution in [1.82, 2.24) is 4.90 Å². The summed E-state index contributed by atoms with van der Waals surface area (Å²) in [5, 5.41) is 10.0. The number of carbonyl (C=O) groups excluding carboxylic acids is 1. The van der Waals surface area contributed by atoms with Gasteiger partial charge in [-0.3, -0.25) is 4.79 Å². The van der Waals surface area contributed by atoms with Gasteiger partial charge >= 0.3 is 0 Å². The van der Waals surface area contributed by atoms with E-state index in [1.165, 1.54) is 18.3 Å². The summed E-state index contributed by atoms with van der Waals surface area (Å²) in [6.07, 6.45) is 0. The van der Waals surface area contributed by atoms with Crippen LogP contribution in [0.25, 0.3) is 0 Å². The summed E-state index contributed by atoms with van der Waals surface area (Å²) in [5.41, 5.74) is 6.67. The molecule has 2 N–H and O–H groups in total. The Morgan fingerprint density at radius 3 is 2.50 bits per heavy atom. The van der Waals surface area contributed by atoms with Crippen LogP contribution in [0.15, 0.2) is 0 Å². The summed E-state index contributed by atoms with van der Waals surface area (Å²) >= 11 is 1.34. The van der Waals surface area contributed by atoms with Gasteiger partial charge in [-0.25, -0.2) is 0 Å². The Morgan fingerprint density at radius 2 is 2.00 bits per heavy atom. The quantitative estimate of drug-likeness (QED) is 0.811. The van der Waals surface area contributed by atoms with Crippen LogP contribution in [0.4, 0.5) is 10.7 Å². The first-order valence-corrected chi connectivity index (χ1v) is 6.63. The first-order chi connectivity index (χ1) is 8.54. The second-order valence-corrected chi connectivity index (χ2v) is 5.48. The van der Waals surface area contributed by atoms with Crippen molar-refractivity contribution in [3.63, 3.8) is 0 Å². The number of hydrogen-bond acceptors (Lipinski definition) is 6. The molecule has 0 spiro atoms. The maximum absolute atomic E-state index is 11.5. The highest BCUT2D eigenvalue weighted by Gasteiger charge is 2.24. The van der Waals surface area contributed by atoms with Crippen LogP contribution in [-0.2, 0) is 0 Å². The third kappa shape index (κ3) is 2.19. The minimum Gasteiger partial charge on any atom is -0.396 e. The fourth-order valence-corrected chi connectivity index (χ4v) is 3.15. The number of nitrogen functional groups attached to an aromatic ring is 1. The summed E-state index contributed by atoms with van der Waals surface area (Å²) in [5.74, 6) is -0.0747. The molecule has 0 atom stereocenters. The van der Waals surface area contributed by atoms with Gasteiger partial charge in [0, 0.05) is 33.1 Å². The molecule has 0 aromatic carbocycles. The highest BCUT2D eigenvalue weighted by Crippen LogP contribution is 2.38. The molecule has 1 aliphatic rings. The Labute approximate surface area is 110 Å². The van der Waals surface area contributed by atoms with Crippen LogP contribution in [0.5, 0.6) is 0 Å². The minimum absolute atomic E-state index is 0.0747. The van der Waals surface area contributed by atoms with Crippen LogP contribution in [0.3, 0.4) is 0 Å². The smallest absolute Gasteiger partial charge is 0.171 e. The summed E-state index contributed by atoms with van der Waals surface area (Å²) in [4.78, 5) is 16.4. The number of anilines is 2. The fourth-order valence-electron chi connectivity index (χ4n) is 2.03. The molecule has 0 amide bonds. The number of nitrogens with two attached hydrogens (primary N) is 1. The maximum Gasteiger partial charge on any atom is 0.171 e. The summed E-state index contributed by atoms with van der Waals surface area (Å²) in [7, 11) is 2.08. The second kappa shape index (κ2) is 4.96. The molecule has 0 bridgehead atoms. The van der Waals surface area contributed by atoms with Gasteiger partial charge in [0.1, 0.15) is 16.6 Å². The second-order valence-electron chi connectivity index (χ2n) is 4.48. The number of carbonyl (C=O) groups is 1. The minimum atomic E-state index is -0.0747. The molecule has 0 unspecified atom stereocenters. The Hall–Kier alpha value is -1.58. The van der Waals surface area contributed by atoms with E-state index >= 15 is 0 Å². The molecule has 0 aliphatic carbocycles. The van der Waals surface area contributed by atoms with Crippen LogP contribution < -0.4 is 10.6 Å². The number of nitrogens with zero attached hydrogens (tertiary/aromatic N) is 3. The lowest BCUT2D eigenvalue weighted by molar-refractivity contribution is 0.102. The SMILES string of the molecule is CC(=O)c1sc(N2CCN(C)CC2)c(C#N)c1N. The third-order valence-electron chi connectivity index (χ3n) is 3.15. The molecule has 18 heavy (non-hydrogen) atoms. The standard InChI is InChI=1S/C12H16N4OS/c1-8(17)11-10(14)9(7-13)12(18-11)16-5-3-15(2)4-6-16/h3-6,14H2,1-2H3. The number of ketones is 1. The average Bonchev–Trinajstić information content (AvgIpc) is 2.67. The Bertz CT molecular complexity index is 509. The third-order valence-corrected chi connectivity index (χ3v) is 4.52. The summed E-state index contributed by atoms with van der Waals surface area (Å²) in [6.45, 7) is 5.12. The van der Waals surface area contributed by atoms with Gasteiger partial charge in [0.2, 0.25) is 0 Å². The molecule has 2 heterocycles. The molecule has 96 valence electrons. The highest BCUT2D eigenvalue weighted by molar-refractivity contribution is 7.19. The van der Waals surface area contributed by atoms with E-state index in [1.54, 1.807) is 0 Å². The van der Waals surface area contributed by atoms with Crippen LogP contribution in [0.2, 0.25) is 0 Å². The van der Waals surface area contributed by atoms with Crippen LogP contribution in [0, 0.1) is 11.3 Å². The molecule has 1 saturated heterocycles. The largest absolute Gasteiger partial charge is 0.396 e. The van der Waals surface area contributed by atoms with Gasteiger partial charge in [0.15, 0.2) is 5.78 Å². The van der Waals surface area contributed by atoms with E-state index in [9.17, 15) is 10.1 Å². The van der Waals surface area contributed by atoms with Crippen molar-refractivity contribution in [3.05, 3.63) is 10.4 Å². The van der Waals surface area contributed by atoms with E-state index in [4.69, 9.17) is 5.73 Å². The Kier molecular flexibility index (Phi) is 3.55. The number of likely N-dealkylation sites (N-methyl/N-ethyl adjacent to an activating group) is 1. The molecule has 0 saturated carbocycles.